The maximum atomic E-state index is 13.7. The molecule has 1 fully saturated rings. The van der Waals surface area contributed by atoms with E-state index in [9.17, 15) is 9.59 Å². The number of hydrogen-bond donors (Lipinski definition) is 0. The number of aromatic nitrogens is 3. The number of nitrogens with zero attached hydrogens (tertiary/aromatic N) is 4. The van der Waals surface area contributed by atoms with Crippen LogP contribution in [0.1, 0.15) is 88.5 Å². The maximum absolute atomic E-state index is 13.7. The van der Waals surface area contributed by atoms with Crippen molar-refractivity contribution in [3.05, 3.63) is 90.7 Å². The van der Waals surface area contributed by atoms with E-state index < -0.39 is 23.6 Å². The molecule has 288 valence electrons. The molecule has 0 amide bonds. The number of piperidine rings is 1. The van der Waals surface area contributed by atoms with Gasteiger partial charge in [0.15, 0.2) is 11.8 Å². The van der Waals surface area contributed by atoms with Gasteiger partial charge >= 0.3 is 11.9 Å². The van der Waals surface area contributed by atoms with Crippen molar-refractivity contribution in [1.82, 2.24) is 14.6 Å². The first-order valence-electron chi connectivity index (χ1n) is 18.6. The van der Waals surface area contributed by atoms with Crippen LogP contribution in [0.4, 0.5) is 5.82 Å². The summed E-state index contributed by atoms with van der Waals surface area (Å²) in [6.07, 6.45) is 4.58. The van der Waals surface area contributed by atoms with Gasteiger partial charge in [0.25, 0.3) is 0 Å². The second-order valence-corrected chi connectivity index (χ2v) is 14.9. The van der Waals surface area contributed by atoms with Crippen LogP contribution in [-0.4, -0.2) is 77.3 Å². The van der Waals surface area contributed by atoms with Crippen LogP contribution in [0.5, 0.6) is 5.75 Å². The first kappa shape index (κ1) is 40.2. The molecule has 2 atom stereocenters. The summed E-state index contributed by atoms with van der Waals surface area (Å²) in [4.78, 5) is 33.5. The van der Waals surface area contributed by atoms with Crippen LogP contribution in [-0.2, 0) is 23.7 Å². The number of methoxy groups -OCH3 is 1. The normalized spacial score (nSPS) is 15.4. The highest BCUT2D eigenvalue weighted by Gasteiger charge is 2.38. The molecule has 54 heavy (non-hydrogen) atoms. The van der Waals surface area contributed by atoms with Crippen molar-refractivity contribution in [2.24, 2.45) is 0 Å². The van der Waals surface area contributed by atoms with Crippen molar-refractivity contribution in [2.45, 2.75) is 91.1 Å². The molecule has 0 unspecified atom stereocenters. The SMILES string of the molecule is C=CCOC1(C)CCN(c2c([C@H](OC(C)(C)C)C(=O)OCC)c(C)nc3cc(-c4cccc(-c5cc(C(=O)OC)ccc5O[C@@H](C)CC=C)c4)nn23)CC1. The lowest BCUT2D eigenvalue weighted by molar-refractivity contribution is -0.166. The number of ether oxygens (including phenoxy) is 5. The number of esters is 2. The summed E-state index contributed by atoms with van der Waals surface area (Å²) < 4.78 is 31.4. The van der Waals surface area contributed by atoms with Crippen LogP contribution >= 0.6 is 0 Å². The standard InChI is InChI=1S/C43H54N4O7/c1-11-15-28(4)53-35-19-18-32(40(48)50-10)26-33(35)30-16-14-17-31(25-30)34-27-36-44-29(5)37(38(41(49)51-13-3)54-42(6,7)8)39(47(36)45-34)46-22-20-43(9,21-23-46)52-24-12-2/h11-12,14,16-19,25-28,38H,1-2,13,15,20-24H2,3-10H3/t28-,38-/m0/s1. The molecule has 1 aliphatic heterocycles. The third kappa shape index (κ3) is 9.19. The van der Waals surface area contributed by atoms with Gasteiger partial charge in [0.1, 0.15) is 11.6 Å². The number of anilines is 1. The molecule has 2 aromatic heterocycles. The Morgan fingerprint density at radius 1 is 1.04 bits per heavy atom. The molecule has 11 heteroatoms. The Kier molecular flexibility index (Phi) is 12.6. The summed E-state index contributed by atoms with van der Waals surface area (Å²) in [6, 6.07) is 15.1. The highest BCUT2D eigenvalue weighted by Crippen LogP contribution is 2.40. The Labute approximate surface area is 318 Å². The lowest BCUT2D eigenvalue weighted by atomic mass is 9.92. The van der Waals surface area contributed by atoms with Crippen molar-refractivity contribution in [1.29, 1.82) is 0 Å². The molecule has 11 nitrogen and oxygen atoms in total. The minimum Gasteiger partial charge on any atom is -0.490 e. The van der Waals surface area contributed by atoms with Crippen molar-refractivity contribution < 1.29 is 33.3 Å². The fourth-order valence-corrected chi connectivity index (χ4v) is 6.71. The summed E-state index contributed by atoms with van der Waals surface area (Å²) in [5.41, 5.74) is 4.38. The molecule has 1 saturated heterocycles. The van der Waals surface area contributed by atoms with Crippen molar-refractivity contribution in [2.75, 3.05) is 38.3 Å². The molecule has 5 rings (SSSR count). The number of carbonyl (C=O) groups excluding carboxylic acids is 2. The van der Waals surface area contributed by atoms with Gasteiger partial charge in [-0.25, -0.2) is 14.6 Å². The van der Waals surface area contributed by atoms with E-state index in [1.807, 2.05) is 75.5 Å². The third-order valence-electron chi connectivity index (χ3n) is 9.41. The lowest BCUT2D eigenvalue weighted by Gasteiger charge is -2.41. The predicted octanol–water partition coefficient (Wildman–Crippen LogP) is 8.48. The number of hydrogen-bond acceptors (Lipinski definition) is 10. The molecule has 0 N–H and O–H groups in total. The van der Waals surface area contributed by atoms with Crippen LogP contribution in [0.15, 0.2) is 73.8 Å². The zero-order valence-electron chi connectivity index (χ0n) is 32.9. The Bertz CT molecular complexity index is 1990. The first-order chi connectivity index (χ1) is 25.7. The van der Waals surface area contributed by atoms with E-state index in [0.717, 1.165) is 35.3 Å². The van der Waals surface area contributed by atoms with E-state index in [4.69, 9.17) is 33.8 Å². The average Bonchev–Trinajstić information content (AvgIpc) is 3.56. The lowest BCUT2D eigenvalue weighted by Crippen LogP contribution is -2.45. The van der Waals surface area contributed by atoms with Crippen LogP contribution in [0.25, 0.3) is 28.0 Å². The van der Waals surface area contributed by atoms with E-state index >= 15 is 0 Å². The number of rotatable bonds is 15. The molecular formula is C43H54N4O7. The minimum absolute atomic E-state index is 0.129. The highest BCUT2D eigenvalue weighted by molar-refractivity contribution is 5.92. The fraction of sp³-hybridized carbons (Fsp3) is 0.442. The van der Waals surface area contributed by atoms with Crippen molar-refractivity contribution in [3.63, 3.8) is 0 Å². The van der Waals surface area contributed by atoms with Gasteiger partial charge in [-0.3, -0.25) is 0 Å². The number of aryl methyl sites for hydroxylation is 1. The van der Waals surface area contributed by atoms with E-state index in [2.05, 4.69) is 25.0 Å². The Balaban J connectivity index is 1.67. The van der Waals surface area contributed by atoms with Gasteiger partial charge in [-0.15, -0.1) is 13.2 Å². The molecule has 2 aromatic carbocycles. The fourth-order valence-electron chi connectivity index (χ4n) is 6.71. The zero-order chi connectivity index (χ0) is 39.2. The largest absolute Gasteiger partial charge is 0.490 e. The third-order valence-corrected chi connectivity index (χ3v) is 9.41. The maximum Gasteiger partial charge on any atom is 0.340 e. The van der Waals surface area contributed by atoms with Gasteiger partial charge in [-0.1, -0.05) is 30.4 Å². The number of benzene rings is 2. The quantitative estimate of drug-likeness (QED) is 0.0869. The minimum atomic E-state index is -1.04. The van der Waals surface area contributed by atoms with Crippen LogP contribution in [0.3, 0.4) is 0 Å². The molecule has 3 heterocycles. The molecular weight excluding hydrogens is 684 g/mol. The summed E-state index contributed by atoms with van der Waals surface area (Å²) >= 11 is 0. The van der Waals surface area contributed by atoms with Crippen LogP contribution in [0.2, 0.25) is 0 Å². The van der Waals surface area contributed by atoms with Gasteiger partial charge in [-0.05, 0) is 91.1 Å². The Hall–Kier alpha value is -5.00. The van der Waals surface area contributed by atoms with Gasteiger partial charge in [-0.2, -0.15) is 9.61 Å². The summed E-state index contributed by atoms with van der Waals surface area (Å²) in [5.74, 6) is 0.436. The van der Waals surface area contributed by atoms with E-state index in [-0.39, 0.29) is 18.3 Å². The van der Waals surface area contributed by atoms with Gasteiger partial charge < -0.3 is 28.6 Å². The van der Waals surface area contributed by atoms with Gasteiger partial charge in [0.2, 0.25) is 0 Å². The molecule has 0 radical (unpaired) electrons. The summed E-state index contributed by atoms with van der Waals surface area (Å²) in [5, 5.41) is 5.16. The molecule has 0 spiro atoms. The Morgan fingerprint density at radius 2 is 1.76 bits per heavy atom. The van der Waals surface area contributed by atoms with Gasteiger partial charge in [0.05, 0.1) is 54.5 Å². The topological polar surface area (TPSA) is 114 Å². The second kappa shape index (κ2) is 17.0. The van der Waals surface area contributed by atoms with E-state index in [1.165, 1.54) is 7.11 Å². The van der Waals surface area contributed by atoms with E-state index in [0.29, 0.717) is 60.0 Å². The second-order valence-electron chi connectivity index (χ2n) is 14.9. The number of carbonyl (C=O) groups is 2. The average molecular weight is 739 g/mol. The molecule has 0 saturated carbocycles. The molecule has 0 bridgehead atoms. The van der Waals surface area contributed by atoms with Crippen molar-refractivity contribution in [3.8, 4) is 28.1 Å². The summed E-state index contributed by atoms with van der Waals surface area (Å²) in [6.45, 7) is 23.2. The van der Waals surface area contributed by atoms with Crippen molar-refractivity contribution >= 4 is 23.4 Å². The van der Waals surface area contributed by atoms with Crippen LogP contribution < -0.4 is 9.64 Å². The molecule has 1 aliphatic rings. The Morgan fingerprint density at radius 3 is 2.41 bits per heavy atom. The predicted molar refractivity (Wildman–Crippen MR) is 211 cm³/mol. The molecule has 4 aromatic rings. The van der Waals surface area contributed by atoms with Crippen LogP contribution in [0, 0.1) is 6.92 Å². The van der Waals surface area contributed by atoms with Gasteiger partial charge in [0, 0.05) is 42.4 Å². The number of fused-ring (bicyclic) bond motifs is 1. The highest BCUT2D eigenvalue weighted by atomic mass is 16.6. The molecule has 0 aliphatic carbocycles. The monoisotopic (exact) mass is 738 g/mol. The smallest absolute Gasteiger partial charge is 0.340 e. The van der Waals surface area contributed by atoms with E-state index in [1.54, 1.807) is 31.2 Å². The first-order valence-corrected chi connectivity index (χ1v) is 18.6. The summed E-state index contributed by atoms with van der Waals surface area (Å²) in [7, 11) is 1.36. The zero-order valence-corrected chi connectivity index (χ0v) is 32.9.